The maximum Gasteiger partial charge on any atom is 0.319 e. The van der Waals surface area contributed by atoms with Crippen molar-refractivity contribution >= 4 is 40.5 Å². The van der Waals surface area contributed by atoms with Crippen LogP contribution in [0.3, 0.4) is 0 Å². The molecule has 1 aromatic carbocycles. The molecule has 0 unspecified atom stereocenters. The van der Waals surface area contributed by atoms with Gasteiger partial charge in [0.1, 0.15) is 11.4 Å². The van der Waals surface area contributed by atoms with E-state index >= 15 is 0 Å². The van der Waals surface area contributed by atoms with Crippen LogP contribution in [0, 0.1) is 15.9 Å². The summed E-state index contributed by atoms with van der Waals surface area (Å²) in [5, 5.41) is 12.8. The third kappa shape index (κ3) is 3.26. The van der Waals surface area contributed by atoms with Crippen LogP contribution in [0.5, 0.6) is 0 Å². The normalized spacial score (nSPS) is 10.2. The van der Waals surface area contributed by atoms with E-state index in [1.54, 1.807) is 0 Å². The zero-order chi connectivity index (χ0) is 15.6. The predicted molar refractivity (Wildman–Crippen MR) is 75.3 cm³/mol. The van der Waals surface area contributed by atoms with E-state index < -0.39 is 27.5 Å². The Morgan fingerprint density at radius 3 is 2.67 bits per heavy atom. The summed E-state index contributed by atoms with van der Waals surface area (Å²) in [5.41, 5.74) is -0.777. The number of nitro groups is 1. The number of nitrogens with one attached hydrogen (secondary N) is 1. The number of pyridine rings is 1. The van der Waals surface area contributed by atoms with Crippen LogP contribution in [0.2, 0.25) is 10.2 Å². The van der Waals surface area contributed by atoms with Gasteiger partial charge in [0.2, 0.25) is 5.15 Å². The van der Waals surface area contributed by atoms with Crippen LogP contribution in [0.1, 0.15) is 10.4 Å². The third-order valence-electron chi connectivity index (χ3n) is 2.49. The lowest BCUT2D eigenvalue weighted by Gasteiger charge is -2.08. The molecule has 0 atom stereocenters. The van der Waals surface area contributed by atoms with Gasteiger partial charge in [0.25, 0.3) is 5.91 Å². The summed E-state index contributed by atoms with van der Waals surface area (Å²) >= 11 is 11.4. The van der Waals surface area contributed by atoms with Gasteiger partial charge in [-0.1, -0.05) is 23.2 Å². The van der Waals surface area contributed by atoms with E-state index in [2.05, 4.69) is 10.3 Å². The minimum atomic E-state index is -0.809. The number of halogens is 3. The summed E-state index contributed by atoms with van der Waals surface area (Å²) in [5.74, 6) is -1.38. The number of carbonyl (C=O) groups is 1. The summed E-state index contributed by atoms with van der Waals surface area (Å²) in [4.78, 5) is 25.7. The molecule has 0 saturated carbocycles. The van der Waals surface area contributed by atoms with Gasteiger partial charge in [0.05, 0.1) is 15.6 Å². The van der Waals surface area contributed by atoms with Crippen LogP contribution in [-0.2, 0) is 0 Å². The van der Waals surface area contributed by atoms with Crippen molar-refractivity contribution in [2.45, 2.75) is 0 Å². The second-order valence-corrected chi connectivity index (χ2v) is 4.60. The number of anilines is 1. The summed E-state index contributed by atoms with van der Waals surface area (Å²) in [7, 11) is 0. The number of nitrogens with zero attached hydrogens (tertiary/aromatic N) is 2. The molecule has 0 bridgehead atoms. The molecule has 2 rings (SSSR count). The van der Waals surface area contributed by atoms with Gasteiger partial charge in [0.15, 0.2) is 0 Å². The first kappa shape index (κ1) is 15.1. The number of benzene rings is 1. The topological polar surface area (TPSA) is 85.1 Å². The maximum atomic E-state index is 12.9. The molecule has 21 heavy (non-hydrogen) atoms. The van der Waals surface area contributed by atoms with Crippen molar-refractivity contribution < 1.29 is 14.1 Å². The second kappa shape index (κ2) is 6.02. The molecule has 0 aliphatic carbocycles. The quantitative estimate of drug-likeness (QED) is 0.528. The molecule has 9 heteroatoms. The Hall–Kier alpha value is -2.25. The van der Waals surface area contributed by atoms with Crippen LogP contribution in [0.4, 0.5) is 15.8 Å². The molecule has 1 N–H and O–H groups in total. The Labute approximate surface area is 127 Å². The Bertz CT molecular complexity index is 740. The first-order chi connectivity index (χ1) is 9.90. The highest BCUT2D eigenvalue weighted by molar-refractivity contribution is 6.34. The zero-order valence-corrected chi connectivity index (χ0v) is 11.7. The van der Waals surface area contributed by atoms with Gasteiger partial charge in [0, 0.05) is 6.20 Å². The smallest absolute Gasteiger partial charge is 0.319 e. The molecule has 1 aromatic heterocycles. The fraction of sp³-hybridized carbons (Fsp3) is 0. The van der Waals surface area contributed by atoms with Gasteiger partial charge < -0.3 is 5.32 Å². The largest absolute Gasteiger partial charge is 0.320 e. The lowest BCUT2D eigenvalue weighted by atomic mass is 10.2. The highest BCUT2D eigenvalue weighted by atomic mass is 35.5. The Morgan fingerprint density at radius 1 is 1.33 bits per heavy atom. The molecular formula is C12H6Cl2FN3O3. The van der Waals surface area contributed by atoms with E-state index in [0.717, 1.165) is 24.4 Å². The summed E-state index contributed by atoms with van der Waals surface area (Å²) in [6, 6.07) is 4.49. The Kier molecular flexibility index (Phi) is 4.35. The van der Waals surface area contributed by atoms with Gasteiger partial charge in [-0.25, -0.2) is 9.37 Å². The maximum absolute atomic E-state index is 12.9. The summed E-state index contributed by atoms with van der Waals surface area (Å²) < 4.78 is 12.9. The number of carbonyl (C=O) groups excluding carboxylic acids is 1. The standard InChI is InChI=1S/C12H6Cl2FN3O3/c13-8-5-6(15)1-2-9(8)17-12(19)7-3-4-16-11(14)10(7)18(20)21/h1-5H,(H,17,19). The Balaban J connectivity index is 2.37. The van der Waals surface area contributed by atoms with Crippen molar-refractivity contribution in [3.63, 3.8) is 0 Å². The lowest BCUT2D eigenvalue weighted by molar-refractivity contribution is -0.385. The van der Waals surface area contributed by atoms with E-state index in [-0.39, 0.29) is 16.3 Å². The van der Waals surface area contributed by atoms with Crippen molar-refractivity contribution in [2.75, 3.05) is 5.32 Å². The van der Waals surface area contributed by atoms with Crippen molar-refractivity contribution in [3.05, 3.63) is 62.1 Å². The number of hydrogen-bond acceptors (Lipinski definition) is 4. The van der Waals surface area contributed by atoms with E-state index in [1.165, 1.54) is 6.07 Å². The summed E-state index contributed by atoms with van der Waals surface area (Å²) in [6.45, 7) is 0. The number of aromatic nitrogens is 1. The molecule has 0 radical (unpaired) electrons. The molecular weight excluding hydrogens is 324 g/mol. The van der Waals surface area contributed by atoms with E-state index in [1.807, 2.05) is 0 Å². The predicted octanol–water partition coefficient (Wildman–Crippen LogP) is 3.69. The first-order valence-electron chi connectivity index (χ1n) is 5.45. The zero-order valence-electron chi connectivity index (χ0n) is 10.1. The fourth-order valence-corrected chi connectivity index (χ4v) is 2.01. The number of hydrogen-bond donors (Lipinski definition) is 1. The number of amides is 1. The fourth-order valence-electron chi connectivity index (χ4n) is 1.57. The highest BCUT2D eigenvalue weighted by Crippen LogP contribution is 2.28. The van der Waals surface area contributed by atoms with Crippen molar-refractivity contribution in [1.82, 2.24) is 4.98 Å². The van der Waals surface area contributed by atoms with Gasteiger partial charge in [-0.2, -0.15) is 0 Å². The highest BCUT2D eigenvalue weighted by Gasteiger charge is 2.25. The van der Waals surface area contributed by atoms with Crippen molar-refractivity contribution in [1.29, 1.82) is 0 Å². The molecule has 1 heterocycles. The van der Waals surface area contributed by atoms with Gasteiger partial charge in [-0.05, 0) is 24.3 Å². The minimum Gasteiger partial charge on any atom is -0.320 e. The molecule has 0 saturated heterocycles. The molecule has 0 aliphatic heterocycles. The van der Waals surface area contributed by atoms with Crippen LogP contribution in [-0.4, -0.2) is 15.8 Å². The van der Waals surface area contributed by atoms with Gasteiger partial charge >= 0.3 is 5.69 Å². The van der Waals surface area contributed by atoms with Crippen molar-refractivity contribution in [3.8, 4) is 0 Å². The first-order valence-corrected chi connectivity index (χ1v) is 6.21. The van der Waals surface area contributed by atoms with E-state index in [4.69, 9.17) is 23.2 Å². The second-order valence-electron chi connectivity index (χ2n) is 3.83. The number of rotatable bonds is 3. The molecule has 0 aliphatic rings. The SMILES string of the molecule is O=C(Nc1ccc(F)cc1Cl)c1ccnc(Cl)c1[N+](=O)[O-]. The van der Waals surface area contributed by atoms with Crippen LogP contribution in [0.15, 0.2) is 30.5 Å². The van der Waals surface area contributed by atoms with E-state index in [0.29, 0.717) is 0 Å². The molecule has 108 valence electrons. The summed E-state index contributed by atoms with van der Waals surface area (Å²) in [6.07, 6.45) is 1.16. The minimum absolute atomic E-state index is 0.0360. The molecule has 2 aromatic rings. The van der Waals surface area contributed by atoms with E-state index in [9.17, 15) is 19.3 Å². The van der Waals surface area contributed by atoms with Gasteiger partial charge in [-0.3, -0.25) is 14.9 Å². The average molecular weight is 330 g/mol. The average Bonchev–Trinajstić information content (AvgIpc) is 2.41. The lowest BCUT2D eigenvalue weighted by Crippen LogP contribution is -2.14. The molecule has 0 fully saturated rings. The monoisotopic (exact) mass is 329 g/mol. The van der Waals surface area contributed by atoms with Crippen molar-refractivity contribution in [2.24, 2.45) is 0 Å². The van der Waals surface area contributed by atoms with Crippen LogP contribution < -0.4 is 5.32 Å². The van der Waals surface area contributed by atoms with Crippen LogP contribution >= 0.6 is 23.2 Å². The molecule has 1 amide bonds. The van der Waals surface area contributed by atoms with Crippen LogP contribution in [0.25, 0.3) is 0 Å². The van der Waals surface area contributed by atoms with Gasteiger partial charge in [-0.15, -0.1) is 0 Å². The Morgan fingerprint density at radius 2 is 2.05 bits per heavy atom. The molecule has 6 nitrogen and oxygen atoms in total. The molecule has 0 spiro atoms. The third-order valence-corrected chi connectivity index (χ3v) is 3.08.